The number of aliphatic hydroxyl groups excluding tert-OH is 1. The molecule has 0 fully saturated rings. The van der Waals surface area contributed by atoms with E-state index in [1.54, 1.807) is 0 Å². The highest BCUT2D eigenvalue weighted by atomic mass is 16.3. The van der Waals surface area contributed by atoms with Crippen LogP contribution < -0.4 is 10.2 Å². The summed E-state index contributed by atoms with van der Waals surface area (Å²) in [5.74, 6) is 0.304. The first-order valence-electron chi connectivity index (χ1n) is 7.25. The minimum Gasteiger partial charge on any atom is -0.396 e. The van der Waals surface area contributed by atoms with Crippen LogP contribution in [-0.4, -0.2) is 38.3 Å². The van der Waals surface area contributed by atoms with Crippen LogP contribution in [0, 0.1) is 5.92 Å². The Morgan fingerprint density at radius 3 is 2.70 bits per heavy atom. The number of nitrogens with zero attached hydrogens (tertiary/aromatic N) is 1. The molecule has 112 valence electrons. The highest BCUT2D eigenvalue weighted by Crippen LogP contribution is 2.14. The summed E-state index contributed by atoms with van der Waals surface area (Å²) >= 11 is 0. The van der Waals surface area contributed by atoms with E-state index in [9.17, 15) is 4.79 Å². The summed E-state index contributed by atoms with van der Waals surface area (Å²) in [5.41, 5.74) is 1.69. The molecule has 0 saturated heterocycles. The molecule has 0 spiro atoms. The van der Waals surface area contributed by atoms with E-state index in [-0.39, 0.29) is 12.5 Å². The van der Waals surface area contributed by atoms with Gasteiger partial charge < -0.3 is 15.3 Å². The molecule has 4 heteroatoms. The largest absolute Gasteiger partial charge is 0.396 e. The van der Waals surface area contributed by atoms with Crippen molar-refractivity contribution in [2.75, 3.05) is 32.1 Å². The average molecular weight is 278 g/mol. The maximum atomic E-state index is 12.1. The van der Waals surface area contributed by atoms with E-state index >= 15 is 0 Å². The van der Waals surface area contributed by atoms with E-state index in [2.05, 4.69) is 12.2 Å². The molecule has 2 N–H and O–H groups in total. The van der Waals surface area contributed by atoms with E-state index in [0.29, 0.717) is 18.0 Å². The number of hydrogen-bond acceptors (Lipinski definition) is 3. The Balaban J connectivity index is 2.59. The fourth-order valence-electron chi connectivity index (χ4n) is 2.20. The monoisotopic (exact) mass is 278 g/mol. The van der Waals surface area contributed by atoms with Crippen molar-refractivity contribution in [1.29, 1.82) is 0 Å². The molecule has 0 saturated carbocycles. The van der Waals surface area contributed by atoms with Crippen LogP contribution >= 0.6 is 0 Å². The molecule has 0 radical (unpaired) electrons. The second kappa shape index (κ2) is 8.59. The average Bonchev–Trinajstić information content (AvgIpc) is 2.45. The van der Waals surface area contributed by atoms with Gasteiger partial charge in [0.1, 0.15) is 0 Å². The van der Waals surface area contributed by atoms with Crippen LogP contribution in [0.15, 0.2) is 24.3 Å². The molecule has 1 aromatic rings. The summed E-state index contributed by atoms with van der Waals surface area (Å²) in [6, 6.07) is 7.57. The minimum absolute atomic E-state index is 0.0484. The summed E-state index contributed by atoms with van der Waals surface area (Å²) in [6.45, 7) is 2.92. The summed E-state index contributed by atoms with van der Waals surface area (Å²) < 4.78 is 0. The molecule has 0 aliphatic rings. The molecule has 20 heavy (non-hydrogen) atoms. The zero-order valence-electron chi connectivity index (χ0n) is 12.7. The summed E-state index contributed by atoms with van der Waals surface area (Å²) in [4.78, 5) is 14.1. The Morgan fingerprint density at radius 2 is 2.10 bits per heavy atom. The molecule has 1 rings (SSSR count). The number of carbonyl (C=O) groups is 1. The molecule has 4 nitrogen and oxygen atoms in total. The van der Waals surface area contributed by atoms with Crippen LogP contribution in [-0.2, 0) is 0 Å². The fraction of sp³-hybridized carbons (Fsp3) is 0.562. The molecule has 1 atom stereocenters. The molecule has 0 aromatic heterocycles. The lowest BCUT2D eigenvalue weighted by Gasteiger charge is -2.17. The van der Waals surface area contributed by atoms with Crippen molar-refractivity contribution in [1.82, 2.24) is 5.32 Å². The number of nitrogens with one attached hydrogen (secondary N) is 1. The van der Waals surface area contributed by atoms with Crippen molar-refractivity contribution in [3.05, 3.63) is 29.8 Å². The zero-order chi connectivity index (χ0) is 15.0. The lowest BCUT2D eigenvalue weighted by Crippen LogP contribution is -2.29. The zero-order valence-corrected chi connectivity index (χ0v) is 12.7. The lowest BCUT2D eigenvalue weighted by atomic mass is 10.00. The van der Waals surface area contributed by atoms with Crippen LogP contribution in [0.3, 0.4) is 0 Å². The SMILES string of the molecule is CCCC(CCO)CNC(=O)c1cccc(N(C)C)c1. The van der Waals surface area contributed by atoms with Gasteiger partial charge in [-0.05, 0) is 37.0 Å². The Kier molecular flexibility index (Phi) is 7.09. The van der Waals surface area contributed by atoms with Gasteiger partial charge in [-0.1, -0.05) is 19.4 Å². The van der Waals surface area contributed by atoms with Crippen LogP contribution in [0.5, 0.6) is 0 Å². The van der Waals surface area contributed by atoms with Gasteiger partial charge in [0.15, 0.2) is 0 Å². The minimum atomic E-state index is -0.0484. The lowest BCUT2D eigenvalue weighted by molar-refractivity contribution is 0.0943. The molecular weight excluding hydrogens is 252 g/mol. The molecule has 1 amide bonds. The molecular formula is C16H26N2O2. The third-order valence-electron chi connectivity index (χ3n) is 3.41. The molecule has 1 unspecified atom stereocenters. The maximum Gasteiger partial charge on any atom is 0.251 e. The van der Waals surface area contributed by atoms with E-state index in [1.165, 1.54) is 0 Å². The number of carbonyl (C=O) groups excluding carboxylic acids is 1. The predicted molar refractivity (Wildman–Crippen MR) is 83.2 cm³/mol. The normalized spacial score (nSPS) is 12.0. The summed E-state index contributed by atoms with van der Waals surface area (Å²) in [7, 11) is 3.91. The van der Waals surface area contributed by atoms with E-state index in [1.807, 2.05) is 43.3 Å². The Bertz CT molecular complexity index is 413. The second-order valence-corrected chi connectivity index (χ2v) is 5.32. The second-order valence-electron chi connectivity index (χ2n) is 5.32. The first-order valence-corrected chi connectivity index (χ1v) is 7.25. The standard InChI is InChI=1S/C16H26N2O2/c1-4-6-13(9-10-19)12-17-16(20)14-7-5-8-15(11-14)18(2)3/h5,7-8,11,13,19H,4,6,9-10,12H2,1-3H3,(H,17,20). The van der Waals surface area contributed by atoms with Crippen molar-refractivity contribution < 1.29 is 9.90 Å². The van der Waals surface area contributed by atoms with E-state index in [4.69, 9.17) is 5.11 Å². The number of hydrogen-bond donors (Lipinski definition) is 2. The van der Waals surface area contributed by atoms with Crippen LogP contribution in [0.25, 0.3) is 0 Å². The maximum absolute atomic E-state index is 12.1. The molecule has 0 aliphatic heterocycles. The first kappa shape index (κ1) is 16.5. The van der Waals surface area contributed by atoms with Gasteiger partial charge in [0.05, 0.1) is 0 Å². The van der Waals surface area contributed by atoms with Crippen molar-refractivity contribution in [2.45, 2.75) is 26.2 Å². The van der Waals surface area contributed by atoms with Gasteiger partial charge in [-0.3, -0.25) is 4.79 Å². The predicted octanol–water partition coefficient (Wildman–Crippen LogP) is 2.28. The topological polar surface area (TPSA) is 52.6 Å². The number of rotatable bonds is 8. The number of amides is 1. The van der Waals surface area contributed by atoms with Crippen LogP contribution in [0.2, 0.25) is 0 Å². The van der Waals surface area contributed by atoms with Crippen LogP contribution in [0.1, 0.15) is 36.5 Å². The number of benzene rings is 1. The van der Waals surface area contributed by atoms with Crippen LogP contribution in [0.4, 0.5) is 5.69 Å². The Morgan fingerprint density at radius 1 is 1.35 bits per heavy atom. The van der Waals surface area contributed by atoms with Gasteiger partial charge in [-0.2, -0.15) is 0 Å². The van der Waals surface area contributed by atoms with Gasteiger partial charge in [0.2, 0.25) is 0 Å². The van der Waals surface area contributed by atoms with Gasteiger partial charge in [0.25, 0.3) is 5.91 Å². The third-order valence-corrected chi connectivity index (χ3v) is 3.41. The molecule has 0 heterocycles. The Hall–Kier alpha value is -1.55. The van der Waals surface area contributed by atoms with Gasteiger partial charge in [-0.25, -0.2) is 0 Å². The van der Waals surface area contributed by atoms with Crippen molar-refractivity contribution in [3.8, 4) is 0 Å². The third kappa shape index (κ3) is 5.21. The highest BCUT2D eigenvalue weighted by Gasteiger charge is 2.11. The Labute approximate surface area is 121 Å². The van der Waals surface area contributed by atoms with E-state index in [0.717, 1.165) is 24.9 Å². The summed E-state index contributed by atoms with van der Waals surface area (Å²) in [6.07, 6.45) is 2.83. The number of aliphatic hydroxyl groups is 1. The highest BCUT2D eigenvalue weighted by molar-refractivity contribution is 5.95. The van der Waals surface area contributed by atoms with Crippen molar-refractivity contribution in [2.24, 2.45) is 5.92 Å². The van der Waals surface area contributed by atoms with Crippen molar-refractivity contribution in [3.63, 3.8) is 0 Å². The van der Waals surface area contributed by atoms with E-state index < -0.39 is 0 Å². The van der Waals surface area contributed by atoms with Gasteiger partial charge in [0, 0.05) is 38.5 Å². The quantitative estimate of drug-likeness (QED) is 0.767. The number of anilines is 1. The smallest absolute Gasteiger partial charge is 0.251 e. The summed E-state index contributed by atoms with van der Waals surface area (Å²) in [5, 5.41) is 12.0. The molecule has 0 bridgehead atoms. The fourth-order valence-corrected chi connectivity index (χ4v) is 2.20. The van der Waals surface area contributed by atoms with Gasteiger partial charge >= 0.3 is 0 Å². The van der Waals surface area contributed by atoms with Crippen molar-refractivity contribution >= 4 is 11.6 Å². The first-order chi connectivity index (χ1) is 9.58. The van der Waals surface area contributed by atoms with Gasteiger partial charge in [-0.15, -0.1) is 0 Å². The molecule has 1 aromatic carbocycles. The molecule has 0 aliphatic carbocycles.